The number of alkyl halides is 4. The maximum atomic E-state index is 14.9. The first kappa shape index (κ1) is 33.4. The van der Waals surface area contributed by atoms with E-state index in [-0.39, 0.29) is 37.4 Å². The molecule has 2 unspecified atom stereocenters. The van der Waals surface area contributed by atoms with Crippen molar-refractivity contribution in [2.24, 2.45) is 0 Å². The van der Waals surface area contributed by atoms with E-state index in [1.54, 1.807) is 18.2 Å². The SMILES string of the molecule is CC(=O)OC(C(=O)Nc1ccn(CCC(F)Cn2cc(C(=O)NCc3cc(C(F)(F)F)ccn3)nn2)c(=O)c1F)c1ccccc1. The molecule has 17 heteroatoms. The number of nitrogens with zero attached hydrogens (tertiary/aromatic N) is 5. The Balaban J connectivity index is 1.31. The van der Waals surface area contributed by atoms with Crippen molar-refractivity contribution >= 4 is 23.5 Å². The predicted molar refractivity (Wildman–Crippen MR) is 150 cm³/mol. The van der Waals surface area contributed by atoms with E-state index in [9.17, 15) is 41.1 Å². The topological polar surface area (TPSA) is 150 Å². The van der Waals surface area contributed by atoms with Gasteiger partial charge in [0.25, 0.3) is 17.4 Å². The Labute approximate surface area is 257 Å². The molecular formula is C29H26F5N7O5. The first-order valence-corrected chi connectivity index (χ1v) is 13.6. The van der Waals surface area contributed by atoms with E-state index < -0.39 is 58.9 Å². The van der Waals surface area contributed by atoms with E-state index in [0.717, 1.165) is 53.0 Å². The van der Waals surface area contributed by atoms with Gasteiger partial charge in [0.2, 0.25) is 11.9 Å². The summed E-state index contributed by atoms with van der Waals surface area (Å²) in [6.45, 7) is 0.151. The maximum absolute atomic E-state index is 14.9. The molecule has 46 heavy (non-hydrogen) atoms. The lowest BCUT2D eigenvalue weighted by molar-refractivity contribution is -0.152. The fourth-order valence-corrected chi connectivity index (χ4v) is 4.16. The summed E-state index contributed by atoms with van der Waals surface area (Å²) in [6, 6.07) is 10.7. The van der Waals surface area contributed by atoms with E-state index in [2.05, 4.69) is 25.9 Å². The quantitative estimate of drug-likeness (QED) is 0.175. The first-order chi connectivity index (χ1) is 21.8. The van der Waals surface area contributed by atoms with E-state index in [1.807, 2.05) is 0 Å². The smallest absolute Gasteiger partial charge is 0.416 e. The summed E-state index contributed by atoms with van der Waals surface area (Å²) in [6.07, 6.45) is -4.60. The van der Waals surface area contributed by atoms with Gasteiger partial charge in [0.05, 0.1) is 36.2 Å². The van der Waals surface area contributed by atoms with E-state index in [1.165, 1.54) is 12.1 Å². The highest BCUT2D eigenvalue weighted by Crippen LogP contribution is 2.29. The number of esters is 1. The van der Waals surface area contributed by atoms with Gasteiger partial charge in [-0.2, -0.15) is 17.6 Å². The highest BCUT2D eigenvalue weighted by atomic mass is 19.4. The van der Waals surface area contributed by atoms with E-state index >= 15 is 0 Å². The number of halogens is 5. The Kier molecular flexibility index (Phi) is 10.6. The third-order valence-electron chi connectivity index (χ3n) is 6.40. The van der Waals surface area contributed by atoms with Crippen molar-refractivity contribution < 1.29 is 41.1 Å². The van der Waals surface area contributed by atoms with Crippen LogP contribution < -0.4 is 16.2 Å². The zero-order valence-corrected chi connectivity index (χ0v) is 24.0. The average Bonchev–Trinajstić information content (AvgIpc) is 3.49. The number of hydrogen-bond donors (Lipinski definition) is 2. The molecule has 2 amide bonds. The molecule has 2 atom stereocenters. The van der Waals surface area contributed by atoms with Gasteiger partial charge in [0.15, 0.2) is 5.69 Å². The Hall–Kier alpha value is -5.48. The van der Waals surface area contributed by atoms with Gasteiger partial charge in [-0.25, -0.2) is 9.07 Å². The summed E-state index contributed by atoms with van der Waals surface area (Å²) in [5, 5.41) is 11.9. The van der Waals surface area contributed by atoms with Gasteiger partial charge in [-0.3, -0.25) is 24.2 Å². The number of amides is 2. The molecule has 242 valence electrons. The highest BCUT2D eigenvalue weighted by molar-refractivity contribution is 5.96. The van der Waals surface area contributed by atoms with Crippen LogP contribution in [-0.4, -0.2) is 48.5 Å². The number of nitrogens with one attached hydrogen (secondary N) is 2. The molecule has 0 aliphatic carbocycles. The van der Waals surface area contributed by atoms with Crippen LogP contribution in [0.4, 0.5) is 27.6 Å². The number of pyridine rings is 2. The van der Waals surface area contributed by atoms with Gasteiger partial charge in [0.1, 0.15) is 6.17 Å². The Bertz CT molecular complexity index is 1760. The minimum absolute atomic E-state index is 0.0418. The van der Waals surface area contributed by atoms with Crippen LogP contribution in [0.15, 0.2) is 71.9 Å². The number of aryl methyl sites for hydroxylation is 1. The molecule has 0 saturated heterocycles. The first-order valence-electron chi connectivity index (χ1n) is 13.6. The lowest BCUT2D eigenvalue weighted by Crippen LogP contribution is -2.29. The number of benzene rings is 1. The lowest BCUT2D eigenvalue weighted by Gasteiger charge is -2.17. The third-order valence-corrected chi connectivity index (χ3v) is 6.40. The normalized spacial score (nSPS) is 12.7. The molecule has 4 rings (SSSR count). The van der Waals surface area contributed by atoms with Crippen molar-refractivity contribution in [2.45, 2.75) is 51.4 Å². The second-order valence-corrected chi connectivity index (χ2v) is 9.86. The number of ether oxygens (including phenoxy) is 1. The van der Waals surface area contributed by atoms with Crippen LogP contribution in [-0.2, 0) is 40.1 Å². The zero-order chi connectivity index (χ0) is 33.4. The average molecular weight is 648 g/mol. The van der Waals surface area contributed by atoms with Crippen molar-refractivity contribution in [3.8, 4) is 0 Å². The van der Waals surface area contributed by atoms with Gasteiger partial charge in [0, 0.05) is 31.4 Å². The maximum Gasteiger partial charge on any atom is 0.416 e. The van der Waals surface area contributed by atoms with Crippen LogP contribution in [0.5, 0.6) is 0 Å². The molecule has 4 aromatic rings. The molecule has 0 saturated carbocycles. The molecule has 0 aliphatic rings. The molecule has 0 bridgehead atoms. The summed E-state index contributed by atoms with van der Waals surface area (Å²) in [4.78, 5) is 53.0. The number of aromatic nitrogens is 5. The monoisotopic (exact) mass is 647 g/mol. The van der Waals surface area contributed by atoms with Gasteiger partial charge in [-0.1, -0.05) is 35.5 Å². The summed E-state index contributed by atoms with van der Waals surface area (Å²) in [5.41, 5.74) is -2.46. The Morgan fingerprint density at radius 1 is 1.09 bits per heavy atom. The second kappa shape index (κ2) is 14.5. The lowest BCUT2D eigenvalue weighted by atomic mass is 10.1. The number of rotatable bonds is 12. The van der Waals surface area contributed by atoms with Crippen LogP contribution in [0.25, 0.3) is 0 Å². The van der Waals surface area contributed by atoms with Gasteiger partial charge < -0.3 is 19.9 Å². The minimum atomic E-state index is -4.57. The molecule has 1 aromatic carbocycles. The standard InChI is InChI=1S/C29H26F5N7O5/c1-17(42)46-25(18-5-3-2-4-6-18)27(44)37-22-9-12-40(28(45)24(22)31)11-8-20(30)15-41-16-23(38-39-41)26(43)36-14-21-13-19(7-10-35-21)29(32,33)34/h2-7,9-10,12-13,16,20,25H,8,11,14-15H2,1H3,(H,36,43)(H,37,44). The molecule has 12 nitrogen and oxygen atoms in total. The molecule has 2 N–H and O–H groups in total. The summed E-state index contributed by atoms with van der Waals surface area (Å²) >= 11 is 0. The fraction of sp³-hybridized carbons (Fsp3) is 0.276. The largest absolute Gasteiger partial charge is 0.447 e. The number of carbonyl (C=O) groups excluding carboxylic acids is 3. The van der Waals surface area contributed by atoms with Crippen LogP contribution in [0.3, 0.4) is 0 Å². The molecule has 0 spiro atoms. The van der Waals surface area contributed by atoms with Crippen molar-refractivity contribution in [3.63, 3.8) is 0 Å². The van der Waals surface area contributed by atoms with Crippen LogP contribution in [0.2, 0.25) is 0 Å². The highest BCUT2D eigenvalue weighted by Gasteiger charge is 2.31. The molecule has 3 heterocycles. The Morgan fingerprint density at radius 2 is 1.83 bits per heavy atom. The summed E-state index contributed by atoms with van der Waals surface area (Å²) < 4.78 is 75.2. The second-order valence-electron chi connectivity index (χ2n) is 9.86. The van der Waals surface area contributed by atoms with Gasteiger partial charge in [-0.15, -0.1) is 5.10 Å². The molecular weight excluding hydrogens is 621 g/mol. The summed E-state index contributed by atoms with van der Waals surface area (Å²) in [7, 11) is 0. The van der Waals surface area contributed by atoms with Crippen LogP contribution >= 0.6 is 0 Å². The minimum Gasteiger partial charge on any atom is -0.447 e. The number of anilines is 1. The van der Waals surface area contributed by atoms with Crippen LogP contribution in [0.1, 0.15) is 46.8 Å². The number of carbonyl (C=O) groups is 3. The third kappa shape index (κ3) is 8.80. The van der Waals surface area contributed by atoms with Gasteiger partial charge >= 0.3 is 12.1 Å². The van der Waals surface area contributed by atoms with Gasteiger partial charge in [-0.05, 0) is 24.6 Å². The van der Waals surface area contributed by atoms with Crippen molar-refractivity contribution in [2.75, 3.05) is 5.32 Å². The molecule has 0 fully saturated rings. The summed E-state index contributed by atoms with van der Waals surface area (Å²) in [5.74, 6) is -3.74. The number of hydrogen-bond acceptors (Lipinski definition) is 8. The van der Waals surface area contributed by atoms with Crippen LogP contribution in [0, 0.1) is 5.82 Å². The molecule has 0 aliphatic heterocycles. The predicted octanol–water partition coefficient (Wildman–Crippen LogP) is 3.59. The Morgan fingerprint density at radius 3 is 2.52 bits per heavy atom. The zero-order valence-electron chi connectivity index (χ0n) is 24.0. The van der Waals surface area contributed by atoms with Crippen molar-refractivity contribution in [1.82, 2.24) is 29.9 Å². The van der Waals surface area contributed by atoms with Crippen molar-refractivity contribution in [3.05, 3.63) is 106 Å². The van der Waals surface area contributed by atoms with Crippen molar-refractivity contribution in [1.29, 1.82) is 0 Å². The molecule has 0 radical (unpaired) electrons. The molecule has 3 aromatic heterocycles. The van der Waals surface area contributed by atoms with E-state index in [0.29, 0.717) is 5.56 Å². The van der Waals surface area contributed by atoms with E-state index in [4.69, 9.17) is 4.74 Å². The fourth-order valence-electron chi connectivity index (χ4n) is 4.16.